The standard InChI is InChI=1S/C14H18N4O/c1-3-6-10-9-13(18-15)17-14(16-10)11-7-4-5-8-12(11)19-2/h4-5,7-9H,3,6,15H2,1-2H3,(H,16,17,18). The maximum absolute atomic E-state index is 5.46. The molecular weight excluding hydrogens is 240 g/mol. The first-order valence-corrected chi connectivity index (χ1v) is 6.26. The van der Waals surface area contributed by atoms with Crippen molar-refractivity contribution in [3.8, 4) is 17.1 Å². The smallest absolute Gasteiger partial charge is 0.165 e. The molecule has 0 atom stereocenters. The van der Waals surface area contributed by atoms with Gasteiger partial charge in [0, 0.05) is 11.8 Å². The molecule has 2 aromatic rings. The lowest BCUT2D eigenvalue weighted by Crippen LogP contribution is -2.10. The summed E-state index contributed by atoms with van der Waals surface area (Å²) in [5.74, 6) is 7.44. The number of aromatic nitrogens is 2. The van der Waals surface area contributed by atoms with E-state index >= 15 is 0 Å². The van der Waals surface area contributed by atoms with Gasteiger partial charge in [0.2, 0.25) is 0 Å². The highest BCUT2D eigenvalue weighted by Crippen LogP contribution is 2.27. The van der Waals surface area contributed by atoms with Crippen LogP contribution in [0.2, 0.25) is 0 Å². The Morgan fingerprint density at radius 1 is 1.26 bits per heavy atom. The number of para-hydroxylation sites is 1. The Morgan fingerprint density at radius 2 is 2.05 bits per heavy atom. The van der Waals surface area contributed by atoms with Crippen LogP contribution in [-0.4, -0.2) is 17.1 Å². The van der Waals surface area contributed by atoms with Crippen LogP contribution in [0.1, 0.15) is 19.0 Å². The van der Waals surface area contributed by atoms with Gasteiger partial charge in [0.1, 0.15) is 11.6 Å². The second-order valence-electron chi connectivity index (χ2n) is 4.16. The maximum Gasteiger partial charge on any atom is 0.165 e. The Morgan fingerprint density at radius 3 is 2.74 bits per heavy atom. The van der Waals surface area contributed by atoms with Crippen molar-refractivity contribution in [3.05, 3.63) is 36.0 Å². The van der Waals surface area contributed by atoms with Crippen molar-refractivity contribution >= 4 is 5.82 Å². The zero-order valence-corrected chi connectivity index (χ0v) is 11.2. The average molecular weight is 258 g/mol. The van der Waals surface area contributed by atoms with Gasteiger partial charge in [-0.2, -0.15) is 0 Å². The predicted octanol–water partition coefficient (Wildman–Crippen LogP) is 2.39. The number of nitrogens with two attached hydrogens (primary N) is 1. The molecule has 5 heteroatoms. The Labute approximate surface area is 112 Å². The van der Waals surface area contributed by atoms with Crippen molar-refractivity contribution in [2.24, 2.45) is 5.84 Å². The summed E-state index contributed by atoms with van der Waals surface area (Å²) in [7, 11) is 1.64. The van der Waals surface area contributed by atoms with Crippen LogP contribution in [0.15, 0.2) is 30.3 Å². The van der Waals surface area contributed by atoms with Gasteiger partial charge in [0.15, 0.2) is 5.82 Å². The zero-order valence-electron chi connectivity index (χ0n) is 11.2. The molecule has 0 aliphatic carbocycles. The average Bonchev–Trinajstić information content (AvgIpc) is 2.47. The number of nitrogens with one attached hydrogen (secondary N) is 1. The SMILES string of the molecule is CCCc1cc(NN)nc(-c2ccccc2OC)n1. The summed E-state index contributed by atoms with van der Waals surface area (Å²) in [6.07, 6.45) is 1.91. The first-order chi connectivity index (χ1) is 9.28. The summed E-state index contributed by atoms with van der Waals surface area (Å²) < 4.78 is 5.34. The van der Waals surface area contributed by atoms with Crippen molar-refractivity contribution in [2.75, 3.05) is 12.5 Å². The minimum Gasteiger partial charge on any atom is -0.496 e. The number of nitrogen functional groups attached to an aromatic ring is 1. The van der Waals surface area contributed by atoms with Gasteiger partial charge in [-0.1, -0.05) is 25.5 Å². The number of benzene rings is 1. The third-order valence-electron chi connectivity index (χ3n) is 2.78. The number of hydrogen-bond donors (Lipinski definition) is 2. The molecule has 0 amide bonds. The number of ether oxygens (including phenoxy) is 1. The van der Waals surface area contributed by atoms with E-state index in [-0.39, 0.29) is 0 Å². The molecule has 0 saturated carbocycles. The fourth-order valence-electron chi connectivity index (χ4n) is 1.91. The monoisotopic (exact) mass is 258 g/mol. The Hall–Kier alpha value is -2.14. The van der Waals surface area contributed by atoms with Crippen LogP contribution in [0.25, 0.3) is 11.4 Å². The molecule has 0 unspecified atom stereocenters. The van der Waals surface area contributed by atoms with Gasteiger partial charge in [-0.05, 0) is 18.6 Å². The lowest BCUT2D eigenvalue weighted by molar-refractivity contribution is 0.416. The highest BCUT2D eigenvalue weighted by Gasteiger charge is 2.10. The molecule has 0 radical (unpaired) electrons. The summed E-state index contributed by atoms with van der Waals surface area (Å²) in [5, 5.41) is 0. The summed E-state index contributed by atoms with van der Waals surface area (Å²) >= 11 is 0. The van der Waals surface area contributed by atoms with E-state index in [9.17, 15) is 0 Å². The zero-order chi connectivity index (χ0) is 13.7. The molecule has 5 nitrogen and oxygen atoms in total. The summed E-state index contributed by atoms with van der Waals surface area (Å²) in [4.78, 5) is 8.95. The lowest BCUT2D eigenvalue weighted by atomic mass is 10.1. The van der Waals surface area contributed by atoms with E-state index in [2.05, 4.69) is 22.3 Å². The van der Waals surface area contributed by atoms with Gasteiger partial charge >= 0.3 is 0 Å². The van der Waals surface area contributed by atoms with Gasteiger partial charge in [0.25, 0.3) is 0 Å². The van der Waals surface area contributed by atoms with E-state index in [1.54, 1.807) is 7.11 Å². The normalized spacial score (nSPS) is 10.3. The molecule has 3 N–H and O–H groups in total. The fourth-order valence-corrected chi connectivity index (χ4v) is 1.91. The van der Waals surface area contributed by atoms with Gasteiger partial charge < -0.3 is 10.2 Å². The Kier molecular flexibility index (Phi) is 4.30. The number of aryl methyl sites for hydroxylation is 1. The Bertz CT molecular complexity index is 557. The second-order valence-corrected chi connectivity index (χ2v) is 4.16. The molecule has 0 bridgehead atoms. The largest absolute Gasteiger partial charge is 0.496 e. The quantitative estimate of drug-likeness (QED) is 0.636. The van der Waals surface area contributed by atoms with E-state index in [0.717, 1.165) is 29.8 Å². The van der Waals surface area contributed by atoms with E-state index in [4.69, 9.17) is 10.6 Å². The number of hydrogen-bond acceptors (Lipinski definition) is 5. The summed E-state index contributed by atoms with van der Waals surface area (Å²) in [6.45, 7) is 2.11. The summed E-state index contributed by atoms with van der Waals surface area (Å²) in [5.41, 5.74) is 4.41. The van der Waals surface area contributed by atoms with Crippen LogP contribution < -0.4 is 16.0 Å². The van der Waals surface area contributed by atoms with E-state index < -0.39 is 0 Å². The molecule has 19 heavy (non-hydrogen) atoms. The molecule has 1 aromatic heterocycles. The second kappa shape index (κ2) is 6.15. The van der Waals surface area contributed by atoms with Crippen LogP contribution >= 0.6 is 0 Å². The fraction of sp³-hybridized carbons (Fsp3) is 0.286. The van der Waals surface area contributed by atoms with Gasteiger partial charge in [-0.15, -0.1) is 0 Å². The van der Waals surface area contributed by atoms with E-state index in [1.165, 1.54) is 0 Å². The van der Waals surface area contributed by atoms with Crippen LogP contribution in [0.5, 0.6) is 5.75 Å². The topological polar surface area (TPSA) is 73.1 Å². The third kappa shape index (κ3) is 3.00. The number of anilines is 1. The van der Waals surface area contributed by atoms with E-state index in [1.807, 2.05) is 30.3 Å². The molecule has 0 spiro atoms. The summed E-state index contributed by atoms with van der Waals surface area (Å²) in [6, 6.07) is 9.54. The predicted molar refractivity (Wildman–Crippen MR) is 75.8 cm³/mol. The van der Waals surface area contributed by atoms with E-state index in [0.29, 0.717) is 11.6 Å². The van der Waals surface area contributed by atoms with Crippen molar-refractivity contribution in [2.45, 2.75) is 19.8 Å². The van der Waals surface area contributed by atoms with Crippen LogP contribution in [-0.2, 0) is 6.42 Å². The van der Waals surface area contributed by atoms with Crippen LogP contribution in [0, 0.1) is 0 Å². The maximum atomic E-state index is 5.46. The van der Waals surface area contributed by atoms with Crippen molar-refractivity contribution < 1.29 is 4.74 Å². The number of rotatable bonds is 5. The van der Waals surface area contributed by atoms with Crippen LogP contribution in [0.3, 0.4) is 0 Å². The van der Waals surface area contributed by atoms with Gasteiger partial charge in [-0.25, -0.2) is 15.8 Å². The first kappa shape index (κ1) is 13.3. The molecule has 0 fully saturated rings. The molecule has 0 aliphatic rings. The number of hydrazine groups is 1. The van der Waals surface area contributed by atoms with Gasteiger partial charge in [0.05, 0.1) is 12.7 Å². The Balaban J connectivity index is 2.51. The highest BCUT2D eigenvalue weighted by atomic mass is 16.5. The minimum absolute atomic E-state index is 0.611. The molecule has 0 saturated heterocycles. The first-order valence-electron chi connectivity index (χ1n) is 6.26. The number of nitrogens with zero attached hydrogens (tertiary/aromatic N) is 2. The van der Waals surface area contributed by atoms with Crippen LogP contribution in [0.4, 0.5) is 5.82 Å². The molecule has 1 heterocycles. The lowest BCUT2D eigenvalue weighted by Gasteiger charge is -2.10. The molecule has 1 aromatic carbocycles. The van der Waals surface area contributed by atoms with Crippen molar-refractivity contribution in [1.29, 1.82) is 0 Å². The molecular formula is C14H18N4O. The van der Waals surface area contributed by atoms with Gasteiger partial charge in [-0.3, -0.25) is 0 Å². The van der Waals surface area contributed by atoms with Crippen molar-refractivity contribution in [3.63, 3.8) is 0 Å². The molecule has 100 valence electrons. The highest BCUT2D eigenvalue weighted by molar-refractivity contribution is 5.65. The minimum atomic E-state index is 0.611. The number of methoxy groups -OCH3 is 1. The molecule has 2 rings (SSSR count). The van der Waals surface area contributed by atoms with Crippen molar-refractivity contribution in [1.82, 2.24) is 9.97 Å². The third-order valence-corrected chi connectivity index (χ3v) is 2.78. The molecule has 0 aliphatic heterocycles.